The largest absolute Gasteiger partial charge is 0.502 e. The molecule has 0 aromatic heterocycles. The van der Waals surface area contributed by atoms with Crippen molar-refractivity contribution < 1.29 is 19.7 Å². The number of benzene rings is 1. The van der Waals surface area contributed by atoms with Gasteiger partial charge in [-0.1, -0.05) is 30.3 Å². The summed E-state index contributed by atoms with van der Waals surface area (Å²) in [5.74, 6) is -3.32. The second kappa shape index (κ2) is 2.85. The molecule has 1 aromatic carbocycles. The molecule has 4 heteroatoms. The van der Waals surface area contributed by atoms with Crippen molar-refractivity contribution in [2.45, 2.75) is 5.79 Å². The Morgan fingerprint density at radius 1 is 1.21 bits per heavy atom. The maximum absolute atomic E-state index is 10.9. The minimum absolute atomic E-state index is 0.400. The fraction of sp³-hybridized carbons (Fsp3) is 0.100. The summed E-state index contributed by atoms with van der Waals surface area (Å²) in [5, 5.41) is 18.8. The molecule has 0 saturated heterocycles. The number of aliphatic hydroxyl groups is 2. The topological polar surface area (TPSA) is 66.8 Å². The zero-order valence-electron chi connectivity index (χ0n) is 7.18. The molecule has 1 aromatic rings. The molecule has 0 radical (unpaired) electrons. The highest BCUT2D eigenvalue weighted by atomic mass is 16.7. The van der Waals surface area contributed by atoms with Crippen molar-refractivity contribution >= 4 is 5.97 Å². The number of ether oxygens (including phenoxy) is 1. The van der Waals surface area contributed by atoms with Gasteiger partial charge in [-0.15, -0.1) is 0 Å². The molecule has 14 heavy (non-hydrogen) atoms. The molecule has 0 amide bonds. The number of hydrogen-bond acceptors (Lipinski definition) is 4. The highest BCUT2D eigenvalue weighted by molar-refractivity contribution is 5.88. The fourth-order valence-corrected chi connectivity index (χ4v) is 1.29. The predicted octanol–water partition coefficient (Wildman–Crippen LogP) is 0.830. The molecule has 0 spiro atoms. The van der Waals surface area contributed by atoms with Crippen molar-refractivity contribution in [1.82, 2.24) is 0 Å². The van der Waals surface area contributed by atoms with Gasteiger partial charge in [0.15, 0.2) is 0 Å². The number of carbonyl (C=O) groups is 1. The summed E-state index contributed by atoms with van der Waals surface area (Å²) in [7, 11) is 0. The van der Waals surface area contributed by atoms with Gasteiger partial charge < -0.3 is 14.9 Å². The average molecular weight is 192 g/mol. The van der Waals surface area contributed by atoms with E-state index in [2.05, 4.69) is 4.74 Å². The quantitative estimate of drug-likeness (QED) is 0.647. The van der Waals surface area contributed by atoms with Gasteiger partial charge >= 0.3 is 5.97 Å². The van der Waals surface area contributed by atoms with Crippen LogP contribution < -0.4 is 0 Å². The maximum atomic E-state index is 10.9. The van der Waals surface area contributed by atoms with Gasteiger partial charge in [0.05, 0.1) is 0 Å². The van der Waals surface area contributed by atoms with Crippen molar-refractivity contribution in [1.29, 1.82) is 0 Å². The summed E-state index contributed by atoms with van der Waals surface area (Å²) < 4.78 is 4.62. The lowest BCUT2D eigenvalue weighted by atomic mass is 10.1. The van der Waals surface area contributed by atoms with Gasteiger partial charge in [0.2, 0.25) is 5.76 Å². The van der Waals surface area contributed by atoms with Crippen LogP contribution in [-0.2, 0) is 15.3 Å². The Labute approximate surface area is 80.1 Å². The van der Waals surface area contributed by atoms with Crippen molar-refractivity contribution in [3.8, 4) is 0 Å². The molecule has 0 bridgehead atoms. The Bertz CT molecular complexity index is 396. The number of aliphatic hydroxyl groups excluding tert-OH is 1. The smallest absolute Gasteiger partial charge is 0.376 e. The van der Waals surface area contributed by atoms with E-state index in [1.54, 1.807) is 30.3 Å². The van der Waals surface area contributed by atoms with Gasteiger partial charge in [0.25, 0.3) is 5.79 Å². The van der Waals surface area contributed by atoms with E-state index in [9.17, 15) is 9.90 Å². The van der Waals surface area contributed by atoms with Gasteiger partial charge in [0.1, 0.15) is 0 Å². The van der Waals surface area contributed by atoms with E-state index in [1.165, 1.54) is 0 Å². The molecule has 0 fully saturated rings. The van der Waals surface area contributed by atoms with E-state index in [1.807, 2.05) is 0 Å². The Kier molecular flexibility index (Phi) is 1.79. The lowest BCUT2D eigenvalue weighted by Crippen LogP contribution is -2.24. The summed E-state index contributed by atoms with van der Waals surface area (Å²) in [4.78, 5) is 10.9. The van der Waals surface area contributed by atoms with Gasteiger partial charge in [-0.25, -0.2) is 4.79 Å². The van der Waals surface area contributed by atoms with Crippen LogP contribution in [0.15, 0.2) is 42.2 Å². The number of esters is 1. The maximum Gasteiger partial charge on any atom is 0.376 e. The third-order valence-corrected chi connectivity index (χ3v) is 1.98. The second-order valence-corrected chi connectivity index (χ2v) is 2.98. The molecule has 72 valence electrons. The Hall–Kier alpha value is -1.81. The molecule has 2 rings (SSSR count). The Balaban J connectivity index is 2.41. The van der Waals surface area contributed by atoms with Crippen LogP contribution in [-0.4, -0.2) is 16.2 Å². The van der Waals surface area contributed by atoms with E-state index in [0.29, 0.717) is 5.56 Å². The molecule has 1 heterocycles. The number of cyclic esters (lactones) is 1. The average Bonchev–Trinajstić information content (AvgIpc) is 2.44. The first kappa shape index (κ1) is 8.77. The summed E-state index contributed by atoms with van der Waals surface area (Å²) in [5.41, 5.74) is 0.400. The first-order valence-electron chi connectivity index (χ1n) is 4.05. The molecule has 1 aliphatic rings. The SMILES string of the molecule is O=C1O[C@](O)(c2ccccc2)C=C1O. The molecule has 1 atom stereocenters. The summed E-state index contributed by atoms with van der Waals surface area (Å²) in [6, 6.07) is 8.37. The molecule has 1 aliphatic heterocycles. The third-order valence-electron chi connectivity index (χ3n) is 1.98. The summed E-state index contributed by atoms with van der Waals surface area (Å²) >= 11 is 0. The molecule has 0 aliphatic carbocycles. The van der Waals surface area contributed by atoms with E-state index >= 15 is 0 Å². The van der Waals surface area contributed by atoms with Gasteiger partial charge in [-0.2, -0.15) is 0 Å². The summed E-state index contributed by atoms with van der Waals surface area (Å²) in [6.07, 6.45) is 0.977. The van der Waals surface area contributed by atoms with Gasteiger partial charge in [-0.05, 0) is 0 Å². The first-order chi connectivity index (χ1) is 6.62. The van der Waals surface area contributed by atoms with E-state index in [0.717, 1.165) is 6.08 Å². The zero-order chi connectivity index (χ0) is 10.2. The van der Waals surface area contributed by atoms with Crippen molar-refractivity contribution in [2.75, 3.05) is 0 Å². The predicted molar refractivity (Wildman–Crippen MR) is 47.1 cm³/mol. The van der Waals surface area contributed by atoms with Crippen LogP contribution in [0.2, 0.25) is 0 Å². The van der Waals surface area contributed by atoms with E-state index < -0.39 is 17.5 Å². The lowest BCUT2D eigenvalue weighted by Gasteiger charge is -2.18. The van der Waals surface area contributed by atoms with Crippen LogP contribution in [0.3, 0.4) is 0 Å². The first-order valence-corrected chi connectivity index (χ1v) is 4.05. The number of hydrogen-bond donors (Lipinski definition) is 2. The van der Waals surface area contributed by atoms with Crippen LogP contribution in [0.4, 0.5) is 0 Å². The highest BCUT2D eigenvalue weighted by Gasteiger charge is 2.40. The second-order valence-electron chi connectivity index (χ2n) is 2.98. The molecule has 0 saturated carbocycles. The Morgan fingerprint density at radius 3 is 2.36 bits per heavy atom. The Morgan fingerprint density at radius 2 is 1.86 bits per heavy atom. The van der Waals surface area contributed by atoms with Crippen LogP contribution in [0.1, 0.15) is 5.56 Å². The molecular weight excluding hydrogens is 184 g/mol. The van der Waals surface area contributed by atoms with Crippen LogP contribution in [0.5, 0.6) is 0 Å². The zero-order valence-corrected chi connectivity index (χ0v) is 7.18. The van der Waals surface area contributed by atoms with Crippen molar-refractivity contribution in [2.24, 2.45) is 0 Å². The monoisotopic (exact) mass is 192 g/mol. The fourth-order valence-electron chi connectivity index (χ4n) is 1.29. The number of carbonyl (C=O) groups excluding carboxylic acids is 1. The highest BCUT2D eigenvalue weighted by Crippen LogP contribution is 2.30. The standard InChI is InChI=1S/C10H8O4/c11-8-6-10(13,14-9(8)12)7-4-2-1-3-5-7/h1-6,11,13H/t10-/m0/s1. The minimum atomic E-state index is -1.83. The van der Waals surface area contributed by atoms with Gasteiger partial charge in [-0.3, -0.25) is 0 Å². The van der Waals surface area contributed by atoms with Crippen LogP contribution >= 0.6 is 0 Å². The normalized spacial score (nSPS) is 25.8. The molecule has 4 nitrogen and oxygen atoms in total. The lowest BCUT2D eigenvalue weighted by molar-refractivity contribution is -0.183. The third kappa shape index (κ3) is 1.25. The van der Waals surface area contributed by atoms with E-state index in [4.69, 9.17) is 5.11 Å². The molecular formula is C10H8O4. The van der Waals surface area contributed by atoms with Crippen LogP contribution in [0, 0.1) is 0 Å². The van der Waals surface area contributed by atoms with Gasteiger partial charge in [0, 0.05) is 11.6 Å². The van der Waals surface area contributed by atoms with Crippen molar-refractivity contribution in [3.63, 3.8) is 0 Å². The van der Waals surface area contributed by atoms with E-state index in [-0.39, 0.29) is 0 Å². The molecule has 0 unspecified atom stereocenters. The van der Waals surface area contributed by atoms with Crippen LogP contribution in [0.25, 0.3) is 0 Å². The number of rotatable bonds is 1. The molecule has 2 N–H and O–H groups in total. The summed E-state index contributed by atoms with van der Waals surface area (Å²) in [6.45, 7) is 0. The van der Waals surface area contributed by atoms with Crippen molar-refractivity contribution in [3.05, 3.63) is 47.7 Å². The minimum Gasteiger partial charge on any atom is -0.502 e.